The van der Waals surface area contributed by atoms with Crippen molar-refractivity contribution < 1.29 is 28.7 Å². The number of anilines is 1. The fourth-order valence-electron chi connectivity index (χ4n) is 4.49. The Morgan fingerprint density at radius 3 is 2.77 bits per heavy atom. The Morgan fingerprint density at radius 2 is 1.98 bits per heavy atom. The monoisotopic (exact) mass is 625 g/mol. The highest BCUT2D eigenvalue weighted by molar-refractivity contribution is 7.17. The van der Waals surface area contributed by atoms with Crippen LogP contribution in [0.15, 0.2) is 41.9 Å². The van der Waals surface area contributed by atoms with Gasteiger partial charge in [-0.05, 0) is 30.0 Å². The molecule has 1 aliphatic rings. The van der Waals surface area contributed by atoms with Crippen molar-refractivity contribution in [3.8, 4) is 0 Å². The van der Waals surface area contributed by atoms with Crippen molar-refractivity contribution in [2.24, 2.45) is 0 Å². The number of hydrogen-bond acceptors (Lipinski definition) is 11. The van der Waals surface area contributed by atoms with Gasteiger partial charge in [-0.3, -0.25) is 24.4 Å². The number of thiazole rings is 1. The first-order valence-corrected chi connectivity index (χ1v) is 15.3. The first-order valence-electron chi connectivity index (χ1n) is 13.6. The molecule has 1 aromatic carbocycles. The number of thiophene rings is 1. The van der Waals surface area contributed by atoms with E-state index in [9.17, 15) is 19.2 Å². The second kappa shape index (κ2) is 14.3. The predicted molar refractivity (Wildman–Crippen MR) is 161 cm³/mol. The van der Waals surface area contributed by atoms with E-state index >= 15 is 0 Å². The number of nitrogens with one attached hydrogen (secondary N) is 4. The third kappa shape index (κ3) is 8.01. The Labute approximate surface area is 255 Å². The van der Waals surface area contributed by atoms with E-state index in [0.29, 0.717) is 30.3 Å². The van der Waals surface area contributed by atoms with Gasteiger partial charge in [0.15, 0.2) is 5.13 Å². The molecule has 0 spiro atoms. The minimum absolute atomic E-state index is 0.0966. The maximum absolute atomic E-state index is 13.3. The number of amides is 3. The van der Waals surface area contributed by atoms with Crippen molar-refractivity contribution in [2.45, 2.75) is 19.4 Å². The molecule has 1 aliphatic heterocycles. The van der Waals surface area contributed by atoms with Crippen LogP contribution in [0.5, 0.6) is 0 Å². The molecule has 4 N–H and O–H groups in total. The van der Waals surface area contributed by atoms with Gasteiger partial charge in [-0.25, -0.2) is 9.78 Å². The van der Waals surface area contributed by atoms with Crippen LogP contribution in [0.1, 0.15) is 30.6 Å². The molecule has 3 aromatic heterocycles. The molecular weight excluding hydrogens is 594 g/mol. The second-order valence-corrected chi connectivity index (χ2v) is 11.7. The van der Waals surface area contributed by atoms with Crippen molar-refractivity contribution in [2.75, 3.05) is 51.3 Å². The van der Waals surface area contributed by atoms with E-state index < -0.39 is 17.9 Å². The number of carbonyl (C=O) groups excluding carboxylic acids is 4. The Hall–Kier alpha value is -4.18. The molecule has 43 heavy (non-hydrogen) atoms. The number of hydrogen-bond donors (Lipinski definition) is 4. The van der Waals surface area contributed by atoms with E-state index in [0.717, 1.165) is 40.9 Å². The lowest BCUT2D eigenvalue weighted by molar-refractivity contribution is -0.146. The molecular formula is C28H31N7O6S2. The molecule has 1 saturated heterocycles. The summed E-state index contributed by atoms with van der Waals surface area (Å²) < 4.78 is 10.8. The molecule has 226 valence electrons. The zero-order valence-electron chi connectivity index (χ0n) is 23.4. The molecule has 5 rings (SSSR count). The van der Waals surface area contributed by atoms with Gasteiger partial charge in [-0.2, -0.15) is 5.10 Å². The average molecular weight is 626 g/mol. The minimum atomic E-state index is -1.14. The van der Waals surface area contributed by atoms with Crippen LogP contribution in [-0.4, -0.2) is 95.8 Å². The predicted octanol–water partition coefficient (Wildman–Crippen LogP) is 1.97. The van der Waals surface area contributed by atoms with E-state index in [1.54, 1.807) is 30.6 Å². The highest BCUT2D eigenvalue weighted by atomic mass is 32.1. The van der Waals surface area contributed by atoms with Gasteiger partial charge in [0.2, 0.25) is 5.91 Å². The average Bonchev–Trinajstić information content (AvgIpc) is 3.77. The van der Waals surface area contributed by atoms with Crippen LogP contribution >= 0.6 is 22.7 Å². The first-order chi connectivity index (χ1) is 20.9. The summed E-state index contributed by atoms with van der Waals surface area (Å²) >= 11 is 2.26. The molecule has 1 atom stereocenters. The van der Waals surface area contributed by atoms with Gasteiger partial charge in [-0.15, -0.1) is 11.3 Å². The number of carbonyl (C=O) groups is 4. The fourth-order valence-corrected chi connectivity index (χ4v) is 6.01. The number of benzene rings is 1. The van der Waals surface area contributed by atoms with Crippen molar-refractivity contribution in [3.05, 3.63) is 62.9 Å². The molecule has 0 radical (unpaired) electrons. The van der Waals surface area contributed by atoms with Crippen molar-refractivity contribution in [1.82, 2.24) is 30.7 Å². The maximum Gasteiger partial charge on any atom is 0.330 e. The van der Waals surface area contributed by atoms with E-state index in [1.807, 2.05) is 18.2 Å². The summed E-state index contributed by atoms with van der Waals surface area (Å²) in [6, 6.07) is 7.84. The van der Waals surface area contributed by atoms with Gasteiger partial charge in [0, 0.05) is 31.6 Å². The van der Waals surface area contributed by atoms with Gasteiger partial charge < -0.3 is 25.4 Å². The van der Waals surface area contributed by atoms with Crippen molar-refractivity contribution >= 4 is 62.4 Å². The number of H-pyrrole nitrogens is 1. The van der Waals surface area contributed by atoms with Gasteiger partial charge in [0.25, 0.3) is 11.8 Å². The standard InChI is InChI=1S/C28H31N7O6S2/c1-17-24(43-28(31-17)33-23(36)14-18-4-2-5-20-19(18)15-30-34-20)26(38)32-21(16-29-25(37)22-6-3-13-42-22)27(39)41-12-9-35-7-10-40-11-8-35/h2-6,13,15,21H,7-12,14,16H2,1H3,(H,29,37)(H,30,34)(H,32,38)(H,31,33,36). The largest absolute Gasteiger partial charge is 0.463 e. The third-order valence-corrected chi connectivity index (χ3v) is 8.67. The Morgan fingerprint density at radius 1 is 1.14 bits per heavy atom. The van der Waals surface area contributed by atoms with Crippen LogP contribution < -0.4 is 16.0 Å². The van der Waals surface area contributed by atoms with Gasteiger partial charge in [0.05, 0.1) is 41.9 Å². The Bertz CT molecular complexity index is 1580. The van der Waals surface area contributed by atoms with Crippen molar-refractivity contribution in [3.63, 3.8) is 0 Å². The Kier molecular flexibility index (Phi) is 10.1. The number of rotatable bonds is 12. The summed E-state index contributed by atoms with van der Waals surface area (Å²) in [6.45, 7) is 4.88. The molecule has 1 fully saturated rings. The van der Waals surface area contributed by atoms with Gasteiger partial charge in [0.1, 0.15) is 17.5 Å². The number of esters is 1. The molecule has 1 unspecified atom stereocenters. The quantitative estimate of drug-likeness (QED) is 0.172. The van der Waals surface area contributed by atoms with Crippen molar-refractivity contribution in [1.29, 1.82) is 0 Å². The van der Waals surface area contributed by atoms with Crippen LogP contribution in [0.25, 0.3) is 10.9 Å². The summed E-state index contributed by atoms with van der Waals surface area (Å²) in [6.07, 6.45) is 1.76. The van der Waals surface area contributed by atoms with E-state index in [1.165, 1.54) is 11.3 Å². The Balaban J connectivity index is 1.21. The summed E-state index contributed by atoms with van der Waals surface area (Å²) in [5.41, 5.74) is 2.02. The molecule has 13 nitrogen and oxygen atoms in total. The normalized spacial score (nSPS) is 14.3. The van der Waals surface area contributed by atoms with Crippen LogP contribution in [0.3, 0.4) is 0 Å². The molecule has 0 bridgehead atoms. The lowest BCUT2D eigenvalue weighted by Crippen LogP contribution is -2.49. The van der Waals surface area contributed by atoms with Crippen LogP contribution in [0.4, 0.5) is 5.13 Å². The van der Waals surface area contributed by atoms with Crippen LogP contribution in [0, 0.1) is 6.92 Å². The lowest BCUT2D eigenvalue weighted by atomic mass is 10.1. The topological polar surface area (TPSA) is 168 Å². The minimum Gasteiger partial charge on any atom is -0.463 e. The number of ether oxygens (including phenoxy) is 2. The fraction of sp³-hybridized carbons (Fsp3) is 0.357. The summed E-state index contributed by atoms with van der Waals surface area (Å²) in [4.78, 5) is 58.8. The molecule has 4 heterocycles. The van der Waals surface area contributed by atoms with E-state index in [2.05, 4.69) is 36.0 Å². The smallest absolute Gasteiger partial charge is 0.330 e. The highest BCUT2D eigenvalue weighted by Gasteiger charge is 2.27. The molecule has 0 saturated carbocycles. The first kappa shape index (κ1) is 30.3. The van der Waals surface area contributed by atoms with Gasteiger partial charge in [-0.1, -0.05) is 29.5 Å². The number of nitrogens with zero attached hydrogens (tertiary/aromatic N) is 3. The molecule has 0 aliphatic carbocycles. The lowest BCUT2D eigenvalue weighted by Gasteiger charge is -2.26. The van der Waals surface area contributed by atoms with Crippen LogP contribution in [0.2, 0.25) is 0 Å². The second-order valence-electron chi connectivity index (χ2n) is 9.74. The summed E-state index contributed by atoms with van der Waals surface area (Å²) in [5.74, 6) is -1.90. The molecule has 4 aromatic rings. The summed E-state index contributed by atoms with van der Waals surface area (Å²) in [5, 5.41) is 17.9. The number of aromatic nitrogens is 3. The number of fused-ring (bicyclic) bond motifs is 1. The van der Waals surface area contributed by atoms with E-state index in [4.69, 9.17) is 9.47 Å². The third-order valence-electron chi connectivity index (χ3n) is 6.73. The number of morpholine rings is 1. The van der Waals surface area contributed by atoms with Gasteiger partial charge >= 0.3 is 5.97 Å². The number of aryl methyl sites for hydroxylation is 1. The van der Waals surface area contributed by atoms with Crippen LogP contribution in [-0.2, 0) is 25.5 Å². The molecule has 15 heteroatoms. The maximum atomic E-state index is 13.3. The van der Waals surface area contributed by atoms with E-state index in [-0.39, 0.29) is 41.4 Å². The summed E-state index contributed by atoms with van der Waals surface area (Å²) in [7, 11) is 0. The SMILES string of the molecule is Cc1nc(NC(=O)Cc2cccc3[nH]ncc23)sc1C(=O)NC(CNC(=O)c1cccs1)C(=O)OCCN1CCOCC1. The molecule has 3 amide bonds. The highest BCUT2D eigenvalue weighted by Crippen LogP contribution is 2.24. The zero-order chi connectivity index (χ0) is 30.2. The number of aromatic amines is 1. The zero-order valence-corrected chi connectivity index (χ0v) is 25.0.